The molecule has 1 aliphatic heterocycles. The van der Waals surface area contributed by atoms with Crippen LogP contribution in [0.5, 0.6) is 0 Å². The molecule has 0 spiro atoms. The Bertz CT molecular complexity index is 332. The van der Waals surface area contributed by atoms with E-state index in [0.29, 0.717) is 13.2 Å². The van der Waals surface area contributed by atoms with Crippen LogP contribution >= 0.6 is 0 Å². The van der Waals surface area contributed by atoms with Gasteiger partial charge in [-0.1, -0.05) is 0 Å². The molecule has 1 fully saturated rings. The lowest BCUT2D eigenvalue weighted by Gasteiger charge is -2.35. The molecule has 90 valence electrons. The first kappa shape index (κ1) is 11.6. The topological polar surface area (TPSA) is 62.3 Å². The van der Waals surface area contributed by atoms with Crippen LogP contribution in [0.25, 0.3) is 0 Å². The molecule has 5 heteroatoms. The van der Waals surface area contributed by atoms with Crippen LogP contribution in [0.4, 0.5) is 0 Å². The smallest absolute Gasteiger partial charge is 0.0852 e. The second kappa shape index (κ2) is 4.95. The van der Waals surface area contributed by atoms with E-state index in [0.717, 1.165) is 31.6 Å². The SMILES string of the molecule is Cn1cc(COC2(CN)CCOCC2)cn1. The molecule has 0 amide bonds. The number of rotatable bonds is 4. The third-order valence-electron chi connectivity index (χ3n) is 3.08. The van der Waals surface area contributed by atoms with Crippen LogP contribution in [0.1, 0.15) is 18.4 Å². The third-order valence-corrected chi connectivity index (χ3v) is 3.08. The zero-order chi connectivity index (χ0) is 11.4. The highest BCUT2D eigenvalue weighted by Crippen LogP contribution is 2.25. The van der Waals surface area contributed by atoms with Crippen LogP contribution in [0.3, 0.4) is 0 Å². The van der Waals surface area contributed by atoms with Crippen molar-refractivity contribution in [2.24, 2.45) is 12.8 Å². The van der Waals surface area contributed by atoms with Crippen molar-refractivity contribution in [1.82, 2.24) is 9.78 Å². The van der Waals surface area contributed by atoms with Gasteiger partial charge in [-0.3, -0.25) is 4.68 Å². The van der Waals surface area contributed by atoms with Crippen LogP contribution in [0.2, 0.25) is 0 Å². The third kappa shape index (κ3) is 2.61. The van der Waals surface area contributed by atoms with Crippen LogP contribution in [-0.4, -0.2) is 35.1 Å². The quantitative estimate of drug-likeness (QED) is 0.808. The molecule has 1 aromatic heterocycles. The number of nitrogens with zero attached hydrogens (tertiary/aromatic N) is 2. The molecule has 2 rings (SSSR count). The monoisotopic (exact) mass is 225 g/mol. The van der Waals surface area contributed by atoms with E-state index in [9.17, 15) is 0 Å². The lowest BCUT2D eigenvalue weighted by atomic mass is 9.94. The van der Waals surface area contributed by atoms with E-state index in [1.807, 2.05) is 19.4 Å². The fourth-order valence-electron chi connectivity index (χ4n) is 1.93. The molecule has 1 aromatic rings. The van der Waals surface area contributed by atoms with Gasteiger partial charge in [0.15, 0.2) is 0 Å². The highest BCUT2D eigenvalue weighted by Gasteiger charge is 2.32. The minimum Gasteiger partial charge on any atom is -0.381 e. The Morgan fingerprint density at radius 1 is 1.56 bits per heavy atom. The molecule has 16 heavy (non-hydrogen) atoms. The van der Waals surface area contributed by atoms with E-state index < -0.39 is 0 Å². The zero-order valence-corrected chi connectivity index (χ0v) is 9.69. The first-order chi connectivity index (χ1) is 7.74. The largest absolute Gasteiger partial charge is 0.381 e. The van der Waals surface area contributed by atoms with Gasteiger partial charge in [-0.15, -0.1) is 0 Å². The lowest BCUT2D eigenvalue weighted by molar-refractivity contribution is -0.112. The van der Waals surface area contributed by atoms with E-state index in [1.54, 1.807) is 4.68 Å². The number of hydrogen-bond donors (Lipinski definition) is 1. The molecule has 0 aromatic carbocycles. The highest BCUT2D eigenvalue weighted by atomic mass is 16.5. The van der Waals surface area contributed by atoms with Crippen molar-refractivity contribution < 1.29 is 9.47 Å². The Balaban J connectivity index is 1.91. The molecule has 1 saturated heterocycles. The van der Waals surface area contributed by atoms with Gasteiger partial charge >= 0.3 is 0 Å². The summed E-state index contributed by atoms with van der Waals surface area (Å²) in [5.41, 5.74) is 6.69. The number of hydrogen-bond acceptors (Lipinski definition) is 4. The minimum absolute atomic E-state index is 0.200. The van der Waals surface area contributed by atoms with Gasteiger partial charge in [0.1, 0.15) is 0 Å². The summed E-state index contributed by atoms with van der Waals surface area (Å²) in [7, 11) is 1.90. The number of nitrogens with two attached hydrogens (primary N) is 1. The van der Waals surface area contributed by atoms with Crippen molar-refractivity contribution in [3.05, 3.63) is 18.0 Å². The molecule has 5 nitrogen and oxygen atoms in total. The van der Waals surface area contributed by atoms with Crippen molar-refractivity contribution in [3.8, 4) is 0 Å². The summed E-state index contributed by atoms with van der Waals surface area (Å²) < 4.78 is 13.1. The molecular formula is C11H19N3O2. The summed E-state index contributed by atoms with van der Waals surface area (Å²) >= 11 is 0. The maximum Gasteiger partial charge on any atom is 0.0852 e. The maximum absolute atomic E-state index is 5.96. The van der Waals surface area contributed by atoms with E-state index >= 15 is 0 Å². The second-order valence-corrected chi connectivity index (χ2v) is 4.31. The Morgan fingerprint density at radius 2 is 2.31 bits per heavy atom. The van der Waals surface area contributed by atoms with Crippen molar-refractivity contribution in [3.63, 3.8) is 0 Å². The zero-order valence-electron chi connectivity index (χ0n) is 9.69. The normalized spacial score (nSPS) is 19.9. The molecule has 2 heterocycles. The Kier molecular flexibility index (Phi) is 3.58. The van der Waals surface area contributed by atoms with Gasteiger partial charge in [-0.05, 0) is 0 Å². The van der Waals surface area contributed by atoms with Gasteiger partial charge in [0.25, 0.3) is 0 Å². The average Bonchev–Trinajstić information content (AvgIpc) is 2.74. The molecule has 0 atom stereocenters. The summed E-state index contributed by atoms with van der Waals surface area (Å²) in [5, 5.41) is 4.11. The molecule has 0 aliphatic carbocycles. The predicted molar refractivity (Wildman–Crippen MR) is 59.8 cm³/mol. The number of ether oxygens (including phenoxy) is 2. The lowest BCUT2D eigenvalue weighted by Crippen LogP contribution is -2.45. The van der Waals surface area contributed by atoms with Gasteiger partial charge in [0.05, 0.1) is 18.4 Å². The van der Waals surface area contributed by atoms with E-state index in [-0.39, 0.29) is 5.60 Å². The fraction of sp³-hybridized carbons (Fsp3) is 0.727. The van der Waals surface area contributed by atoms with Crippen molar-refractivity contribution >= 4 is 0 Å². The van der Waals surface area contributed by atoms with Crippen LogP contribution < -0.4 is 5.73 Å². The molecule has 0 bridgehead atoms. The Morgan fingerprint density at radius 3 is 2.88 bits per heavy atom. The first-order valence-corrected chi connectivity index (χ1v) is 5.63. The standard InChI is InChI=1S/C11H19N3O2/c1-14-7-10(6-13-14)8-16-11(9-12)2-4-15-5-3-11/h6-7H,2-5,8-9,12H2,1H3. The molecule has 2 N–H and O–H groups in total. The van der Waals surface area contributed by atoms with E-state index in [1.165, 1.54) is 0 Å². The average molecular weight is 225 g/mol. The molecular weight excluding hydrogens is 206 g/mol. The predicted octanol–water partition coefficient (Wildman–Crippen LogP) is 0.445. The maximum atomic E-state index is 5.96. The summed E-state index contributed by atoms with van der Waals surface area (Å²) in [6.07, 6.45) is 5.54. The second-order valence-electron chi connectivity index (χ2n) is 4.31. The summed E-state index contributed by atoms with van der Waals surface area (Å²) in [4.78, 5) is 0. The molecule has 0 radical (unpaired) electrons. The Hall–Kier alpha value is -0.910. The summed E-state index contributed by atoms with van der Waals surface area (Å²) in [6, 6.07) is 0. The molecule has 0 unspecified atom stereocenters. The highest BCUT2D eigenvalue weighted by molar-refractivity contribution is 5.02. The van der Waals surface area contributed by atoms with Gasteiger partial charge in [0, 0.05) is 51.4 Å². The van der Waals surface area contributed by atoms with Gasteiger partial charge in [-0.25, -0.2) is 0 Å². The first-order valence-electron chi connectivity index (χ1n) is 5.63. The van der Waals surface area contributed by atoms with Crippen LogP contribution in [-0.2, 0) is 23.1 Å². The van der Waals surface area contributed by atoms with Crippen LogP contribution in [0.15, 0.2) is 12.4 Å². The summed E-state index contributed by atoms with van der Waals surface area (Å²) in [6.45, 7) is 2.61. The van der Waals surface area contributed by atoms with Crippen molar-refractivity contribution in [2.75, 3.05) is 19.8 Å². The minimum atomic E-state index is -0.200. The van der Waals surface area contributed by atoms with Crippen molar-refractivity contribution in [1.29, 1.82) is 0 Å². The molecule has 0 saturated carbocycles. The van der Waals surface area contributed by atoms with Gasteiger partial charge < -0.3 is 15.2 Å². The molecule has 1 aliphatic rings. The van der Waals surface area contributed by atoms with Gasteiger partial charge in [-0.2, -0.15) is 5.10 Å². The van der Waals surface area contributed by atoms with Gasteiger partial charge in [0.2, 0.25) is 0 Å². The summed E-state index contributed by atoms with van der Waals surface area (Å²) in [5.74, 6) is 0. The van der Waals surface area contributed by atoms with Crippen molar-refractivity contribution in [2.45, 2.75) is 25.0 Å². The number of aromatic nitrogens is 2. The van der Waals surface area contributed by atoms with E-state index in [4.69, 9.17) is 15.2 Å². The number of aryl methyl sites for hydroxylation is 1. The van der Waals surface area contributed by atoms with E-state index in [2.05, 4.69) is 5.10 Å². The Labute approximate surface area is 95.5 Å². The van der Waals surface area contributed by atoms with Crippen LogP contribution in [0, 0.1) is 0 Å². The fourth-order valence-corrected chi connectivity index (χ4v) is 1.93.